The highest BCUT2D eigenvalue weighted by molar-refractivity contribution is 6.30. The monoisotopic (exact) mass is 283 g/mol. The summed E-state index contributed by atoms with van der Waals surface area (Å²) in [6.07, 6.45) is 2.69. The Labute approximate surface area is 117 Å². The van der Waals surface area contributed by atoms with Gasteiger partial charge in [0.25, 0.3) is 5.91 Å². The molecule has 0 saturated carbocycles. The van der Waals surface area contributed by atoms with E-state index >= 15 is 0 Å². The summed E-state index contributed by atoms with van der Waals surface area (Å²) in [5.41, 5.74) is 0.286. The van der Waals surface area contributed by atoms with Crippen LogP contribution < -0.4 is 0 Å². The maximum Gasteiger partial charge on any atom is 0.257 e. The molecule has 0 spiro atoms. The predicted molar refractivity (Wildman–Crippen MR) is 73.4 cm³/mol. The van der Waals surface area contributed by atoms with Crippen molar-refractivity contribution >= 4 is 17.5 Å². The van der Waals surface area contributed by atoms with Crippen LogP contribution in [-0.4, -0.2) is 40.7 Å². The summed E-state index contributed by atoms with van der Waals surface area (Å²) in [4.78, 5) is 14.1. The molecule has 2 rings (SSSR count). The van der Waals surface area contributed by atoms with Crippen LogP contribution in [0, 0.1) is 5.92 Å². The molecule has 0 aromatic heterocycles. The van der Waals surface area contributed by atoms with E-state index in [1.807, 2.05) is 0 Å². The second kappa shape index (κ2) is 6.26. The van der Waals surface area contributed by atoms with Crippen molar-refractivity contribution in [3.05, 3.63) is 28.8 Å². The number of likely N-dealkylation sites (tertiary alicyclic amines) is 1. The number of hydrogen-bond acceptors (Lipinski definition) is 3. The van der Waals surface area contributed by atoms with E-state index in [1.54, 1.807) is 17.0 Å². The highest BCUT2D eigenvalue weighted by Crippen LogP contribution is 2.26. The maximum atomic E-state index is 12.3. The molecule has 104 valence electrons. The Balaban J connectivity index is 2.10. The number of aliphatic hydroxyl groups is 1. The van der Waals surface area contributed by atoms with E-state index in [-0.39, 0.29) is 23.8 Å². The Kier molecular flexibility index (Phi) is 4.66. The van der Waals surface area contributed by atoms with Crippen LogP contribution in [0.1, 0.15) is 29.6 Å². The molecule has 1 aliphatic rings. The molecule has 0 aliphatic carbocycles. The minimum atomic E-state index is -0.170. The van der Waals surface area contributed by atoms with Crippen molar-refractivity contribution < 1.29 is 15.0 Å². The first-order valence-electron chi connectivity index (χ1n) is 6.50. The van der Waals surface area contributed by atoms with Crippen molar-refractivity contribution in [2.24, 2.45) is 5.92 Å². The highest BCUT2D eigenvalue weighted by Gasteiger charge is 2.25. The number of benzene rings is 1. The lowest BCUT2D eigenvalue weighted by Gasteiger charge is -2.32. The van der Waals surface area contributed by atoms with E-state index < -0.39 is 0 Å². The van der Waals surface area contributed by atoms with Gasteiger partial charge in [-0.05, 0) is 43.4 Å². The lowest BCUT2D eigenvalue weighted by molar-refractivity contribution is 0.0650. The Morgan fingerprint density at radius 3 is 2.95 bits per heavy atom. The van der Waals surface area contributed by atoms with Crippen LogP contribution in [0.4, 0.5) is 0 Å². The lowest BCUT2D eigenvalue weighted by atomic mass is 9.94. The van der Waals surface area contributed by atoms with Gasteiger partial charge >= 0.3 is 0 Å². The van der Waals surface area contributed by atoms with E-state index in [4.69, 9.17) is 16.7 Å². The molecule has 5 heteroatoms. The second-order valence-corrected chi connectivity index (χ2v) is 5.37. The number of rotatable bonds is 3. The number of amides is 1. The van der Waals surface area contributed by atoms with Crippen LogP contribution in [0.25, 0.3) is 0 Å². The highest BCUT2D eigenvalue weighted by atomic mass is 35.5. The van der Waals surface area contributed by atoms with Crippen molar-refractivity contribution in [3.8, 4) is 5.75 Å². The van der Waals surface area contributed by atoms with E-state index in [0.29, 0.717) is 24.0 Å². The molecule has 2 N–H and O–H groups in total. The third kappa shape index (κ3) is 3.39. The predicted octanol–water partition coefficient (Wildman–Crippen LogP) is 2.28. The third-order valence-electron chi connectivity index (χ3n) is 3.53. The number of halogens is 1. The molecule has 1 aliphatic heterocycles. The van der Waals surface area contributed by atoms with Gasteiger partial charge in [0.15, 0.2) is 0 Å². The van der Waals surface area contributed by atoms with Gasteiger partial charge < -0.3 is 15.1 Å². The van der Waals surface area contributed by atoms with Crippen LogP contribution in [0.5, 0.6) is 5.75 Å². The third-order valence-corrected chi connectivity index (χ3v) is 3.77. The Bertz CT molecular complexity index is 462. The number of carbonyl (C=O) groups is 1. The number of aliphatic hydroxyl groups excluding tert-OH is 1. The molecule has 0 bridgehead atoms. The SMILES string of the molecule is O=C(c1ccc(Cl)cc1O)N1CCCC(CCO)C1. The summed E-state index contributed by atoms with van der Waals surface area (Å²) in [6, 6.07) is 4.53. The fourth-order valence-electron chi connectivity index (χ4n) is 2.52. The summed E-state index contributed by atoms with van der Waals surface area (Å²) in [5, 5.41) is 19.2. The number of phenolic OH excluding ortho intramolecular Hbond substituents is 1. The number of nitrogens with zero attached hydrogens (tertiary/aromatic N) is 1. The molecule has 1 unspecified atom stereocenters. The van der Waals surface area contributed by atoms with Gasteiger partial charge in [-0.1, -0.05) is 11.6 Å². The van der Waals surface area contributed by atoms with E-state index in [2.05, 4.69) is 0 Å². The quantitative estimate of drug-likeness (QED) is 0.895. The fraction of sp³-hybridized carbons (Fsp3) is 0.500. The molecule has 19 heavy (non-hydrogen) atoms. The van der Waals surface area contributed by atoms with E-state index in [9.17, 15) is 9.90 Å². The average Bonchev–Trinajstić information content (AvgIpc) is 2.39. The van der Waals surface area contributed by atoms with Crippen LogP contribution in [0.3, 0.4) is 0 Å². The van der Waals surface area contributed by atoms with Gasteiger partial charge in [0, 0.05) is 24.7 Å². The Hall–Kier alpha value is -1.26. The van der Waals surface area contributed by atoms with Gasteiger partial charge in [-0.15, -0.1) is 0 Å². The zero-order valence-electron chi connectivity index (χ0n) is 10.7. The molecule has 1 saturated heterocycles. The summed E-state index contributed by atoms with van der Waals surface area (Å²) < 4.78 is 0. The molecule has 4 nitrogen and oxygen atoms in total. The number of carbonyl (C=O) groups excluding carboxylic acids is 1. The number of phenols is 1. The molecular weight excluding hydrogens is 266 g/mol. The first-order valence-corrected chi connectivity index (χ1v) is 6.88. The van der Waals surface area contributed by atoms with Crippen LogP contribution in [0.15, 0.2) is 18.2 Å². The molecular formula is C14H18ClNO3. The summed E-state index contributed by atoms with van der Waals surface area (Å²) >= 11 is 5.76. The van der Waals surface area contributed by atoms with E-state index in [1.165, 1.54) is 6.07 Å². The smallest absolute Gasteiger partial charge is 0.257 e. The molecule has 1 fully saturated rings. The van der Waals surface area contributed by atoms with E-state index in [0.717, 1.165) is 19.3 Å². The molecule has 1 amide bonds. The summed E-state index contributed by atoms with van der Waals surface area (Å²) in [7, 11) is 0. The Morgan fingerprint density at radius 2 is 2.26 bits per heavy atom. The zero-order chi connectivity index (χ0) is 13.8. The first kappa shape index (κ1) is 14.2. The number of aromatic hydroxyl groups is 1. The molecule has 1 aromatic carbocycles. The van der Waals surface area contributed by atoms with Gasteiger partial charge in [-0.2, -0.15) is 0 Å². The molecule has 1 atom stereocenters. The van der Waals surface area contributed by atoms with Crippen molar-refractivity contribution in [2.45, 2.75) is 19.3 Å². The fourth-order valence-corrected chi connectivity index (χ4v) is 2.69. The van der Waals surface area contributed by atoms with Crippen molar-refractivity contribution in [2.75, 3.05) is 19.7 Å². The van der Waals surface area contributed by atoms with Crippen LogP contribution >= 0.6 is 11.6 Å². The van der Waals surface area contributed by atoms with Crippen molar-refractivity contribution in [1.82, 2.24) is 4.90 Å². The zero-order valence-corrected chi connectivity index (χ0v) is 11.4. The standard InChI is InChI=1S/C14H18ClNO3/c15-11-3-4-12(13(18)8-11)14(19)16-6-1-2-10(9-16)5-7-17/h3-4,8,10,17-18H,1-2,5-7,9H2. The Morgan fingerprint density at radius 1 is 1.47 bits per heavy atom. The topological polar surface area (TPSA) is 60.8 Å². The maximum absolute atomic E-state index is 12.3. The summed E-state index contributed by atoms with van der Waals surface area (Å²) in [6.45, 7) is 1.49. The van der Waals surface area contributed by atoms with Gasteiger partial charge in [0.1, 0.15) is 5.75 Å². The van der Waals surface area contributed by atoms with Gasteiger partial charge in [-0.3, -0.25) is 4.79 Å². The van der Waals surface area contributed by atoms with Gasteiger partial charge in [0.2, 0.25) is 0 Å². The minimum Gasteiger partial charge on any atom is -0.507 e. The average molecular weight is 284 g/mol. The summed E-state index contributed by atoms with van der Waals surface area (Å²) in [5.74, 6) is 0.0933. The molecule has 1 aromatic rings. The van der Waals surface area contributed by atoms with Crippen molar-refractivity contribution in [1.29, 1.82) is 0 Å². The van der Waals surface area contributed by atoms with Crippen molar-refractivity contribution in [3.63, 3.8) is 0 Å². The minimum absolute atomic E-state index is 0.0817. The van der Waals surface area contributed by atoms with Gasteiger partial charge in [0.05, 0.1) is 5.56 Å². The largest absolute Gasteiger partial charge is 0.507 e. The molecule has 1 heterocycles. The normalized spacial score (nSPS) is 19.5. The van der Waals surface area contributed by atoms with Crippen LogP contribution in [0.2, 0.25) is 5.02 Å². The second-order valence-electron chi connectivity index (χ2n) is 4.93. The van der Waals surface area contributed by atoms with Gasteiger partial charge in [-0.25, -0.2) is 0 Å². The number of piperidine rings is 1. The molecule has 0 radical (unpaired) electrons. The first-order chi connectivity index (χ1) is 9.11. The number of hydrogen-bond donors (Lipinski definition) is 2. The lowest BCUT2D eigenvalue weighted by Crippen LogP contribution is -2.40. The van der Waals surface area contributed by atoms with Crippen LogP contribution in [-0.2, 0) is 0 Å².